The standard InChI is InChI=1S/C24H26N2O3/c1-4-15-9-11-16(12-10-15)22-21-19(25-17-7-5-6-8-18(17)26-22)13-14(2)20(23(21)27)24(28)29-3/h5-12,14,20,22,25-26H,4,13H2,1-3H3/t14-,20+,22-/m1/s1. The van der Waals surface area contributed by atoms with Crippen LogP contribution in [-0.4, -0.2) is 18.9 Å². The fourth-order valence-corrected chi connectivity index (χ4v) is 4.33. The van der Waals surface area contributed by atoms with Crippen molar-refractivity contribution in [2.75, 3.05) is 17.7 Å². The van der Waals surface area contributed by atoms with Gasteiger partial charge in [0, 0.05) is 11.3 Å². The summed E-state index contributed by atoms with van der Waals surface area (Å²) >= 11 is 0. The molecule has 0 saturated heterocycles. The fourth-order valence-electron chi connectivity index (χ4n) is 4.33. The van der Waals surface area contributed by atoms with Crippen LogP contribution in [0.15, 0.2) is 59.8 Å². The largest absolute Gasteiger partial charge is 0.468 e. The zero-order chi connectivity index (χ0) is 20.5. The maximum atomic E-state index is 13.5. The molecule has 3 atom stereocenters. The van der Waals surface area contributed by atoms with E-state index in [1.807, 2.05) is 31.2 Å². The van der Waals surface area contributed by atoms with E-state index in [-0.39, 0.29) is 17.7 Å². The Balaban J connectivity index is 1.85. The first-order valence-corrected chi connectivity index (χ1v) is 10.1. The van der Waals surface area contributed by atoms with Crippen LogP contribution in [0.4, 0.5) is 11.4 Å². The highest BCUT2D eigenvalue weighted by Gasteiger charge is 2.44. The lowest BCUT2D eigenvalue weighted by Crippen LogP contribution is -2.39. The summed E-state index contributed by atoms with van der Waals surface area (Å²) in [6.45, 7) is 4.05. The zero-order valence-corrected chi connectivity index (χ0v) is 17.0. The number of carbonyl (C=O) groups excluding carboxylic acids is 2. The smallest absolute Gasteiger partial charge is 0.316 e. The predicted octanol–water partition coefficient (Wildman–Crippen LogP) is 4.48. The Hall–Kier alpha value is -3.08. The Labute approximate surface area is 171 Å². The lowest BCUT2D eigenvalue weighted by molar-refractivity contribution is -0.151. The average Bonchev–Trinajstić information content (AvgIpc) is 2.90. The molecule has 0 radical (unpaired) electrons. The van der Waals surface area contributed by atoms with Gasteiger partial charge in [-0.3, -0.25) is 9.59 Å². The van der Waals surface area contributed by atoms with E-state index in [0.29, 0.717) is 12.0 Å². The van der Waals surface area contributed by atoms with Gasteiger partial charge in [-0.25, -0.2) is 0 Å². The molecule has 0 aromatic heterocycles. The number of anilines is 2. The highest BCUT2D eigenvalue weighted by molar-refractivity contribution is 6.11. The van der Waals surface area contributed by atoms with Gasteiger partial charge in [-0.15, -0.1) is 0 Å². The number of para-hydroxylation sites is 2. The van der Waals surface area contributed by atoms with Crippen LogP contribution in [0.2, 0.25) is 0 Å². The number of methoxy groups -OCH3 is 1. The van der Waals surface area contributed by atoms with Crippen LogP contribution < -0.4 is 10.6 Å². The highest BCUT2D eigenvalue weighted by Crippen LogP contribution is 2.43. The van der Waals surface area contributed by atoms with E-state index in [4.69, 9.17) is 4.74 Å². The number of nitrogens with one attached hydrogen (secondary N) is 2. The molecule has 1 aliphatic heterocycles. The molecule has 0 saturated carbocycles. The lowest BCUT2D eigenvalue weighted by Gasteiger charge is -2.32. The number of ether oxygens (including phenoxy) is 1. The fraction of sp³-hybridized carbons (Fsp3) is 0.333. The first kappa shape index (κ1) is 19.2. The molecular formula is C24H26N2O3. The van der Waals surface area contributed by atoms with Gasteiger partial charge in [0.2, 0.25) is 0 Å². The molecule has 0 unspecified atom stereocenters. The Morgan fingerprint density at radius 3 is 2.45 bits per heavy atom. The first-order valence-electron chi connectivity index (χ1n) is 10.1. The van der Waals surface area contributed by atoms with E-state index in [9.17, 15) is 9.59 Å². The number of Topliss-reactive ketones (excluding diaryl/α,β-unsaturated/α-hetero) is 1. The van der Waals surface area contributed by atoms with Crippen LogP contribution in [0.25, 0.3) is 0 Å². The van der Waals surface area contributed by atoms with Gasteiger partial charge in [0.1, 0.15) is 5.92 Å². The molecule has 2 aliphatic rings. The van der Waals surface area contributed by atoms with Crippen molar-refractivity contribution in [3.8, 4) is 0 Å². The Bertz CT molecular complexity index is 978. The summed E-state index contributed by atoms with van der Waals surface area (Å²) in [6.07, 6.45) is 1.57. The van der Waals surface area contributed by atoms with E-state index in [1.54, 1.807) is 0 Å². The maximum absolute atomic E-state index is 13.5. The van der Waals surface area contributed by atoms with Crippen molar-refractivity contribution in [3.05, 3.63) is 70.9 Å². The third-order valence-corrected chi connectivity index (χ3v) is 5.95. The van der Waals surface area contributed by atoms with Crippen molar-refractivity contribution in [2.24, 2.45) is 11.8 Å². The summed E-state index contributed by atoms with van der Waals surface area (Å²) < 4.78 is 4.95. The molecule has 4 rings (SSSR count). The van der Waals surface area contributed by atoms with Gasteiger partial charge in [-0.1, -0.05) is 50.2 Å². The number of hydrogen-bond acceptors (Lipinski definition) is 5. The normalized spacial score (nSPS) is 23.3. The number of hydrogen-bond donors (Lipinski definition) is 2. The maximum Gasteiger partial charge on any atom is 0.316 e. The van der Waals surface area contributed by atoms with Gasteiger partial charge in [-0.05, 0) is 42.0 Å². The molecule has 29 heavy (non-hydrogen) atoms. The molecule has 2 aromatic carbocycles. The number of fused-ring (bicyclic) bond motifs is 1. The Kier molecular flexibility index (Phi) is 5.14. The summed E-state index contributed by atoms with van der Waals surface area (Å²) in [5.74, 6) is -1.53. The monoisotopic (exact) mass is 390 g/mol. The van der Waals surface area contributed by atoms with E-state index in [1.165, 1.54) is 12.7 Å². The van der Waals surface area contributed by atoms with Crippen molar-refractivity contribution in [2.45, 2.75) is 32.7 Å². The second-order valence-electron chi connectivity index (χ2n) is 7.78. The van der Waals surface area contributed by atoms with E-state index >= 15 is 0 Å². The molecule has 1 aliphatic carbocycles. The van der Waals surface area contributed by atoms with Gasteiger partial charge >= 0.3 is 5.97 Å². The van der Waals surface area contributed by atoms with Crippen molar-refractivity contribution in [1.29, 1.82) is 0 Å². The molecular weight excluding hydrogens is 364 g/mol. The minimum Gasteiger partial charge on any atom is -0.468 e. The molecule has 2 aromatic rings. The molecule has 5 heteroatoms. The molecule has 1 heterocycles. The molecule has 0 amide bonds. The van der Waals surface area contributed by atoms with Gasteiger partial charge in [0.05, 0.1) is 24.5 Å². The van der Waals surface area contributed by atoms with E-state index in [0.717, 1.165) is 29.1 Å². The second kappa shape index (κ2) is 7.74. The highest BCUT2D eigenvalue weighted by atomic mass is 16.5. The Morgan fingerprint density at radius 1 is 1.10 bits per heavy atom. The molecule has 2 N–H and O–H groups in total. The number of carbonyl (C=O) groups is 2. The van der Waals surface area contributed by atoms with Crippen molar-refractivity contribution < 1.29 is 14.3 Å². The summed E-state index contributed by atoms with van der Waals surface area (Å²) in [5, 5.41) is 7.01. The molecule has 5 nitrogen and oxygen atoms in total. The number of allylic oxidation sites excluding steroid dienone is 1. The first-order chi connectivity index (χ1) is 14.0. The topological polar surface area (TPSA) is 67.4 Å². The number of rotatable bonds is 3. The quantitative estimate of drug-likeness (QED) is 0.597. The van der Waals surface area contributed by atoms with Crippen molar-refractivity contribution in [1.82, 2.24) is 0 Å². The third-order valence-electron chi connectivity index (χ3n) is 5.95. The SMILES string of the molecule is CCc1ccc([C@H]2Nc3ccccc3NC3=C2C(=O)[C@@H](C(=O)OC)[C@H](C)C3)cc1. The average molecular weight is 390 g/mol. The van der Waals surface area contributed by atoms with Crippen molar-refractivity contribution >= 4 is 23.1 Å². The summed E-state index contributed by atoms with van der Waals surface area (Å²) in [6, 6.07) is 15.9. The number of aryl methyl sites for hydroxylation is 1. The third kappa shape index (κ3) is 3.41. The number of benzene rings is 2. The van der Waals surface area contributed by atoms with Crippen LogP contribution >= 0.6 is 0 Å². The van der Waals surface area contributed by atoms with E-state index in [2.05, 4.69) is 41.8 Å². The minimum atomic E-state index is -0.777. The zero-order valence-electron chi connectivity index (χ0n) is 17.0. The molecule has 0 spiro atoms. The number of esters is 1. The Morgan fingerprint density at radius 2 is 1.79 bits per heavy atom. The van der Waals surface area contributed by atoms with Crippen LogP contribution in [0, 0.1) is 11.8 Å². The van der Waals surface area contributed by atoms with Crippen LogP contribution in [0.5, 0.6) is 0 Å². The van der Waals surface area contributed by atoms with Gasteiger partial charge in [0.25, 0.3) is 0 Å². The summed E-state index contributed by atoms with van der Waals surface area (Å²) in [7, 11) is 1.34. The van der Waals surface area contributed by atoms with Crippen LogP contribution in [0.1, 0.15) is 37.4 Å². The van der Waals surface area contributed by atoms with Crippen LogP contribution in [0.3, 0.4) is 0 Å². The molecule has 0 fully saturated rings. The van der Waals surface area contributed by atoms with Crippen LogP contribution in [-0.2, 0) is 20.7 Å². The lowest BCUT2D eigenvalue weighted by atomic mass is 9.75. The van der Waals surface area contributed by atoms with Gasteiger partial charge in [-0.2, -0.15) is 0 Å². The minimum absolute atomic E-state index is 0.130. The summed E-state index contributed by atoms with van der Waals surface area (Å²) in [4.78, 5) is 25.9. The van der Waals surface area contributed by atoms with Gasteiger partial charge < -0.3 is 15.4 Å². The molecule has 150 valence electrons. The second-order valence-corrected chi connectivity index (χ2v) is 7.78. The predicted molar refractivity (Wildman–Crippen MR) is 114 cm³/mol. The van der Waals surface area contributed by atoms with Gasteiger partial charge in [0.15, 0.2) is 5.78 Å². The molecule has 0 bridgehead atoms. The van der Waals surface area contributed by atoms with E-state index < -0.39 is 11.9 Å². The van der Waals surface area contributed by atoms with Crippen molar-refractivity contribution in [3.63, 3.8) is 0 Å². The summed E-state index contributed by atoms with van der Waals surface area (Å²) in [5.41, 5.74) is 5.61. The number of ketones is 1.